The van der Waals surface area contributed by atoms with Gasteiger partial charge in [0.05, 0.1) is 0 Å². The van der Waals surface area contributed by atoms with Crippen molar-refractivity contribution < 1.29 is 4.79 Å². The summed E-state index contributed by atoms with van der Waals surface area (Å²) in [4.78, 5) is 11.9. The number of hydrogen-bond acceptors (Lipinski definition) is 2. The first-order valence-corrected chi connectivity index (χ1v) is 5.61. The number of aromatic nitrogens is 1. The summed E-state index contributed by atoms with van der Waals surface area (Å²) in [5.41, 5.74) is 2.48. The Hall–Kier alpha value is -1.09. The Morgan fingerprint density at radius 3 is 3.13 bits per heavy atom. The van der Waals surface area contributed by atoms with Crippen LogP contribution in [0, 0.1) is 5.92 Å². The molecule has 0 aliphatic carbocycles. The highest BCUT2D eigenvalue weighted by molar-refractivity contribution is 5.80. The second-order valence-electron chi connectivity index (χ2n) is 4.58. The maximum atomic E-state index is 11.9. The summed E-state index contributed by atoms with van der Waals surface area (Å²) >= 11 is 0. The SMILES string of the molecule is CC(C)CC(=O)n1ccc2c1CCNC2. The van der Waals surface area contributed by atoms with Crippen LogP contribution in [0.1, 0.15) is 36.3 Å². The largest absolute Gasteiger partial charge is 0.312 e. The van der Waals surface area contributed by atoms with E-state index in [1.54, 1.807) is 0 Å². The molecule has 3 nitrogen and oxygen atoms in total. The molecule has 0 amide bonds. The third-order valence-corrected chi connectivity index (χ3v) is 2.79. The van der Waals surface area contributed by atoms with Gasteiger partial charge in [-0.25, -0.2) is 0 Å². The lowest BCUT2D eigenvalue weighted by atomic mass is 10.1. The van der Waals surface area contributed by atoms with Crippen molar-refractivity contribution in [2.45, 2.75) is 33.2 Å². The zero-order valence-corrected chi connectivity index (χ0v) is 9.42. The number of hydrogen-bond donors (Lipinski definition) is 1. The van der Waals surface area contributed by atoms with E-state index < -0.39 is 0 Å². The number of rotatable bonds is 2. The zero-order valence-electron chi connectivity index (χ0n) is 9.42. The molecule has 2 heterocycles. The molecule has 3 heteroatoms. The van der Waals surface area contributed by atoms with Gasteiger partial charge in [0.1, 0.15) is 0 Å². The van der Waals surface area contributed by atoms with E-state index in [0.29, 0.717) is 12.3 Å². The van der Waals surface area contributed by atoms with Gasteiger partial charge in [0.15, 0.2) is 0 Å². The van der Waals surface area contributed by atoms with Crippen LogP contribution in [0.3, 0.4) is 0 Å². The Morgan fingerprint density at radius 1 is 1.60 bits per heavy atom. The summed E-state index contributed by atoms with van der Waals surface area (Å²) in [6.45, 7) is 6.04. The van der Waals surface area contributed by atoms with Crippen molar-refractivity contribution in [2.24, 2.45) is 5.92 Å². The van der Waals surface area contributed by atoms with Crippen molar-refractivity contribution >= 4 is 5.91 Å². The third-order valence-electron chi connectivity index (χ3n) is 2.79. The van der Waals surface area contributed by atoms with Gasteiger partial charge in [-0.15, -0.1) is 0 Å². The molecule has 0 fully saturated rings. The van der Waals surface area contributed by atoms with Crippen molar-refractivity contribution in [1.82, 2.24) is 9.88 Å². The normalized spacial score (nSPS) is 15.4. The molecular weight excluding hydrogens is 188 g/mol. The molecule has 0 bridgehead atoms. The molecule has 0 spiro atoms. The van der Waals surface area contributed by atoms with Gasteiger partial charge in [-0.2, -0.15) is 0 Å². The van der Waals surface area contributed by atoms with E-state index >= 15 is 0 Å². The van der Waals surface area contributed by atoms with Crippen molar-refractivity contribution in [3.05, 3.63) is 23.5 Å². The van der Waals surface area contributed by atoms with E-state index in [2.05, 4.69) is 25.2 Å². The lowest BCUT2D eigenvalue weighted by Gasteiger charge is -2.16. The summed E-state index contributed by atoms with van der Waals surface area (Å²) in [5.74, 6) is 0.658. The topological polar surface area (TPSA) is 34.0 Å². The second kappa shape index (κ2) is 4.19. The highest BCUT2D eigenvalue weighted by Crippen LogP contribution is 2.16. The molecular formula is C12H18N2O. The Labute approximate surface area is 90.5 Å². The molecule has 82 valence electrons. The first-order chi connectivity index (χ1) is 7.18. The molecule has 0 saturated carbocycles. The van der Waals surface area contributed by atoms with Crippen molar-refractivity contribution in [2.75, 3.05) is 6.54 Å². The Kier molecular flexibility index (Phi) is 2.91. The standard InChI is InChI=1S/C12H18N2O/c1-9(2)7-12(15)14-6-4-10-8-13-5-3-11(10)14/h4,6,9,13H,3,5,7-8H2,1-2H3. The van der Waals surface area contributed by atoms with Crippen LogP contribution in [-0.4, -0.2) is 17.0 Å². The lowest BCUT2D eigenvalue weighted by molar-refractivity contribution is 0.0883. The predicted molar refractivity (Wildman–Crippen MR) is 59.9 cm³/mol. The van der Waals surface area contributed by atoms with Crippen LogP contribution in [0.5, 0.6) is 0 Å². The van der Waals surface area contributed by atoms with E-state index in [0.717, 1.165) is 19.5 Å². The summed E-state index contributed by atoms with van der Waals surface area (Å²) in [6.07, 6.45) is 3.52. The Morgan fingerprint density at radius 2 is 2.40 bits per heavy atom. The maximum absolute atomic E-state index is 11.9. The molecule has 0 aromatic carbocycles. The lowest BCUT2D eigenvalue weighted by Crippen LogP contribution is -2.26. The first kappa shape index (κ1) is 10.4. The van der Waals surface area contributed by atoms with Crippen LogP contribution >= 0.6 is 0 Å². The van der Waals surface area contributed by atoms with Crippen LogP contribution in [0.15, 0.2) is 12.3 Å². The third kappa shape index (κ3) is 2.12. The number of nitrogens with zero attached hydrogens (tertiary/aromatic N) is 1. The van der Waals surface area contributed by atoms with E-state index in [1.165, 1.54) is 11.3 Å². The minimum atomic E-state index is 0.230. The van der Waals surface area contributed by atoms with Gasteiger partial charge in [-0.05, 0) is 17.5 Å². The van der Waals surface area contributed by atoms with E-state index in [1.807, 2.05) is 10.8 Å². The number of carbonyl (C=O) groups is 1. The monoisotopic (exact) mass is 206 g/mol. The fraction of sp³-hybridized carbons (Fsp3) is 0.583. The van der Waals surface area contributed by atoms with E-state index in [9.17, 15) is 4.79 Å². The molecule has 1 aromatic heterocycles. The number of nitrogens with one attached hydrogen (secondary N) is 1. The van der Waals surface area contributed by atoms with Crippen LogP contribution in [-0.2, 0) is 13.0 Å². The van der Waals surface area contributed by atoms with Gasteiger partial charge >= 0.3 is 0 Å². The minimum absolute atomic E-state index is 0.230. The van der Waals surface area contributed by atoms with Crippen LogP contribution in [0.2, 0.25) is 0 Å². The van der Waals surface area contributed by atoms with Crippen molar-refractivity contribution in [3.63, 3.8) is 0 Å². The van der Waals surface area contributed by atoms with E-state index in [-0.39, 0.29) is 5.91 Å². The second-order valence-corrected chi connectivity index (χ2v) is 4.58. The smallest absolute Gasteiger partial charge is 0.231 e. The quantitative estimate of drug-likeness (QED) is 0.801. The Bertz CT molecular complexity index is 366. The van der Waals surface area contributed by atoms with Gasteiger partial charge in [0.2, 0.25) is 5.91 Å². The molecule has 1 aliphatic rings. The predicted octanol–water partition coefficient (Wildman–Crippen LogP) is 1.82. The van der Waals surface area contributed by atoms with Crippen LogP contribution in [0.25, 0.3) is 0 Å². The average molecular weight is 206 g/mol. The highest BCUT2D eigenvalue weighted by atomic mass is 16.2. The van der Waals surface area contributed by atoms with Gasteiger partial charge in [-0.3, -0.25) is 9.36 Å². The summed E-state index contributed by atoms with van der Waals surface area (Å²) < 4.78 is 1.84. The van der Waals surface area contributed by atoms with E-state index in [4.69, 9.17) is 0 Å². The van der Waals surface area contributed by atoms with Gasteiger partial charge in [0, 0.05) is 37.8 Å². The molecule has 0 saturated heterocycles. The van der Waals surface area contributed by atoms with Crippen molar-refractivity contribution in [1.29, 1.82) is 0 Å². The highest BCUT2D eigenvalue weighted by Gasteiger charge is 2.17. The summed E-state index contributed by atoms with van der Waals surface area (Å²) in [7, 11) is 0. The van der Waals surface area contributed by atoms with Crippen LogP contribution < -0.4 is 5.32 Å². The molecule has 1 aromatic rings. The zero-order chi connectivity index (χ0) is 10.8. The molecule has 0 atom stereocenters. The number of fused-ring (bicyclic) bond motifs is 1. The van der Waals surface area contributed by atoms with Gasteiger partial charge < -0.3 is 5.32 Å². The first-order valence-electron chi connectivity index (χ1n) is 5.61. The van der Waals surface area contributed by atoms with Crippen LogP contribution in [0.4, 0.5) is 0 Å². The Balaban J connectivity index is 2.21. The summed E-state index contributed by atoms with van der Waals surface area (Å²) in [5, 5.41) is 3.31. The number of carbonyl (C=O) groups excluding carboxylic acids is 1. The molecule has 15 heavy (non-hydrogen) atoms. The maximum Gasteiger partial charge on any atom is 0.231 e. The fourth-order valence-electron chi connectivity index (χ4n) is 2.06. The molecule has 2 rings (SSSR count). The summed E-state index contributed by atoms with van der Waals surface area (Å²) in [6, 6.07) is 2.06. The molecule has 0 unspecified atom stereocenters. The fourth-order valence-corrected chi connectivity index (χ4v) is 2.06. The minimum Gasteiger partial charge on any atom is -0.312 e. The van der Waals surface area contributed by atoms with Crippen molar-refractivity contribution in [3.8, 4) is 0 Å². The average Bonchev–Trinajstić information content (AvgIpc) is 2.59. The molecule has 1 aliphatic heterocycles. The van der Waals surface area contributed by atoms with Gasteiger partial charge in [0.25, 0.3) is 0 Å². The molecule has 1 N–H and O–H groups in total. The molecule has 0 radical (unpaired) electrons. The van der Waals surface area contributed by atoms with Gasteiger partial charge in [-0.1, -0.05) is 13.8 Å².